The molecule has 0 heterocycles. The molecule has 0 bridgehead atoms. The molecule has 1 aromatic rings. The molecule has 102 valence electrons. The molecule has 2 rings (SSSR count). The first kappa shape index (κ1) is 13.9. The Balaban J connectivity index is 2.07. The summed E-state index contributed by atoms with van der Waals surface area (Å²) in [6.45, 7) is 3.06. The number of hydrogen-bond donors (Lipinski definition) is 1. The second kappa shape index (κ2) is 6.08. The highest BCUT2D eigenvalue weighted by atomic mass is 16.5. The van der Waals surface area contributed by atoms with Gasteiger partial charge in [0.25, 0.3) is 0 Å². The number of nitrogens with one attached hydrogen (secondary N) is 1. The minimum atomic E-state index is 0.228. The van der Waals surface area contributed by atoms with Gasteiger partial charge in [-0.1, -0.05) is 19.3 Å². The lowest BCUT2D eigenvalue weighted by atomic mass is 9.83. The van der Waals surface area contributed by atoms with Gasteiger partial charge in [0.05, 0.1) is 18.7 Å². The van der Waals surface area contributed by atoms with Gasteiger partial charge in [-0.25, -0.2) is 0 Å². The van der Waals surface area contributed by atoms with Crippen molar-refractivity contribution < 1.29 is 4.74 Å². The van der Waals surface area contributed by atoms with Crippen molar-refractivity contribution in [1.29, 1.82) is 5.26 Å². The molecular weight excluding hydrogens is 236 g/mol. The van der Waals surface area contributed by atoms with E-state index in [-0.39, 0.29) is 5.54 Å². The molecule has 1 aliphatic carbocycles. The van der Waals surface area contributed by atoms with Crippen LogP contribution in [0.15, 0.2) is 18.2 Å². The van der Waals surface area contributed by atoms with E-state index in [9.17, 15) is 0 Å². The number of methoxy groups -OCH3 is 1. The highest BCUT2D eigenvalue weighted by Crippen LogP contribution is 2.29. The number of ether oxygens (including phenoxy) is 1. The van der Waals surface area contributed by atoms with Crippen LogP contribution in [0.4, 0.5) is 0 Å². The van der Waals surface area contributed by atoms with Crippen LogP contribution in [-0.4, -0.2) is 12.6 Å². The first-order valence-corrected chi connectivity index (χ1v) is 6.99. The van der Waals surface area contributed by atoms with E-state index in [4.69, 9.17) is 10.00 Å². The third kappa shape index (κ3) is 3.48. The first-order valence-electron chi connectivity index (χ1n) is 6.99. The smallest absolute Gasteiger partial charge is 0.123 e. The summed E-state index contributed by atoms with van der Waals surface area (Å²) < 4.78 is 5.37. The molecule has 0 unspecified atom stereocenters. The Bertz CT molecular complexity index is 470. The molecule has 1 aliphatic rings. The number of nitrogens with zero attached hydrogens (tertiary/aromatic N) is 1. The van der Waals surface area contributed by atoms with Gasteiger partial charge >= 0.3 is 0 Å². The summed E-state index contributed by atoms with van der Waals surface area (Å²) in [7, 11) is 1.67. The number of benzene rings is 1. The van der Waals surface area contributed by atoms with Crippen LogP contribution < -0.4 is 10.1 Å². The lowest BCUT2D eigenvalue weighted by Crippen LogP contribution is -2.43. The van der Waals surface area contributed by atoms with Crippen LogP contribution in [0.25, 0.3) is 0 Å². The van der Waals surface area contributed by atoms with E-state index in [1.54, 1.807) is 13.2 Å². The lowest BCUT2D eigenvalue weighted by molar-refractivity contribution is 0.251. The highest BCUT2D eigenvalue weighted by Gasteiger charge is 2.26. The molecule has 0 atom stereocenters. The fourth-order valence-electron chi connectivity index (χ4n) is 2.80. The molecule has 19 heavy (non-hydrogen) atoms. The topological polar surface area (TPSA) is 45.0 Å². The second-order valence-electron chi connectivity index (χ2n) is 5.61. The van der Waals surface area contributed by atoms with Crippen LogP contribution in [0.5, 0.6) is 5.75 Å². The van der Waals surface area contributed by atoms with Crippen molar-refractivity contribution in [2.24, 2.45) is 0 Å². The highest BCUT2D eigenvalue weighted by molar-refractivity contribution is 5.42. The van der Waals surface area contributed by atoms with Gasteiger partial charge in [-0.05, 0) is 38.0 Å². The standard InChI is InChI=1S/C16H22N2O/c1-16(8-4-3-5-9-16)18-12-14-10-13(11-17)6-7-15(14)19-2/h6-7,10,18H,3-5,8-9,12H2,1-2H3. The Morgan fingerprint density at radius 1 is 1.32 bits per heavy atom. The summed E-state index contributed by atoms with van der Waals surface area (Å²) in [4.78, 5) is 0. The van der Waals surface area contributed by atoms with Crippen molar-refractivity contribution in [1.82, 2.24) is 5.32 Å². The predicted octanol–water partition coefficient (Wildman–Crippen LogP) is 3.38. The van der Waals surface area contributed by atoms with Gasteiger partial charge in [-0.15, -0.1) is 0 Å². The number of rotatable bonds is 4. The average Bonchev–Trinajstić information content (AvgIpc) is 2.45. The molecule has 3 heteroatoms. The molecule has 0 radical (unpaired) electrons. The van der Waals surface area contributed by atoms with Crippen molar-refractivity contribution in [3.63, 3.8) is 0 Å². The van der Waals surface area contributed by atoms with E-state index in [0.717, 1.165) is 17.9 Å². The monoisotopic (exact) mass is 258 g/mol. The van der Waals surface area contributed by atoms with Gasteiger partial charge in [-0.3, -0.25) is 0 Å². The van der Waals surface area contributed by atoms with E-state index in [2.05, 4.69) is 18.3 Å². The second-order valence-corrected chi connectivity index (χ2v) is 5.61. The minimum absolute atomic E-state index is 0.228. The third-order valence-electron chi connectivity index (χ3n) is 4.07. The zero-order valence-corrected chi connectivity index (χ0v) is 11.8. The Morgan fingerprint density at radius 2 is 2.05 bits per heavy atom. The largest absolute Gasteiger partial charge is 0.496 e. The first-order chi connectivity index (χ1) is 9.17. The van der Waals surface area contributed by atoms with Crippen molar-refractivity contribution in [2.75, 3.05) is 7.11 Å². The molecular formula is C16H22N2O. The zero-order valence-electron chi connectivity index (χ0n) is 11.8. The quantitative estimate of drug-likeness (QED) is 0.900. The van der Waals surface area contributed by atoms with Gasteiger partial charge in [-0.2, -0.15) is 5.26 Å². The van der Waals surface area contributed by atoms with Crippen LogP contribution in [0.2, 0.25) is 0 Å². The average molecular weight is 258 g/mol. The van der Waals surface area contributed by atoms with Crippen molar-refractivity contribution in [3.05, 3.63) is 29.3 Å². The van der Waals surface area contributed by atoms with Crippen LogP contribution in [0, 0.1) is 11.3 Å². The van der Waals surface area contributed by atoms with Crippen LogP contribution in [0.1, 0.15) is 50.2 Å². The Morgan fingerprint density at radius 3 is 2.68 bits per heavy atom. The van der Waals surface area contributed by atoms with Crippen molar-refractivity contribution in [2.45, 2.75) is 51.1 Å². The third-order valence-corrected chi connectivity index (χ3v) is 4.07. The van der Waals surface area contributed by atoms with Gasteiger partial charge < -0.3 is 10.1 Å². The van der Waals surface area contributed by atoms with Gasteiger partial charge in [0.1, 0.15) is 5.75 Å². The van der Waals surface area contributed by atoms with E-state index >= 15 is 0 Å². The van der Waals surface area contributed by atoms with Crippen molar-refractivity contribution in [3.8, 4) is 11.8 Å². The molecule has 1 saturated carbocycles. The molecule has 0 aliphatic heterocycles. The number of hydrogen-bond acceptors (Lipinski definition) is 3. The maximum absolute atomic E-state index is 8.98. The van der Waals surface area contributed by atoms with Crippen LogP contribution in [-0.2, 0) is 6.54 Å². The molecule has 1 aromatic carbocycles. The summed E-state index contributed by atoms with van der Waals surface area (Å²) in [5.74, 6) is 0.853. The van der Waals surface area contributed by atoms with E-state index in [1.807, 2.05) is 12.1 Å². The van der Waals surface area contributed by atoms with Gasteiger partial charge in [0.2, 0.25) is 0 Å². The van der Waals surface area contributed by atoms with Crippen LogP contribution in [0.3, 0.4) is 0 Å². The fourth-order valence-corrected chi connectivity index (χ4v) is 2.80. The number of nitriles is 1. The van der Waals surface area contributed by atoms with E-state index in [0.29, 0.717) is 5.56 Å². The van der Waals surface area contributed by atoms with E-state index < -0.39 is 0 Å². The molecule has 0 spiro atoms. The molecule has 0 aromatic heterocycles. The van der Waals surface area contributed by atoms with Gasteiger partial charge in [0, 0.05) is 17.6 Å². The Kier molecular flexibility index (Phi) is 4.44. The molecule has 3 nitrogen and oxygen atoms in total. The molecule has 0 saturated heterocycles. The predicted molar refractivity (Wildman–Crippen MR) is 76.0 cm³/mol. The summed E-state index contributed by atoms with van der Waals surface area (Å²) in [6, 6.07) is 7.77. The Labute approximate surface area is 115 Å². The Hall–Kier alpha value is -1.53. The summed E-state index contributed by atoms with van der Waals surface area (Å²) in [5, 5.41) is 12.6. The SMILES string of the molecule is COc1ccc(C#N)cc1CNC1(C)CCCCC1. The van der Waals surface area contributed by atoms with E-state index in [1.165, 1.54) is 32.1 Å². The van der Waals surface area contributed by atoms with Crippen LogP contribution >= 0.6 is 0 Å². The van der Waals surface area contributed by atoms with Gasteiger partial charge in [0.15, 0.2) is 0 Å². The lowest BCUT2D eigenvalue weighted by Gasteiger charge is -2.35. The summed E-state index contributed by atoms with van der Waals surface area (Å²) in [5.41, 5.74) is 1.98. The molecule has 1 N–H and O–H groups in total. The maximum atomic E-state index is 8.98. The molecule has 1 fully saturated rings. The minimum Gasteiger partial charge on any atom is -0.496 e. The normalized spacial score (nSPS) is 17.7. The summed E-state index contributed by atoms with van der Waals surface area (Å²) >= 11 is 0. The maximum Gasteiger partial charge on any atom is 0.123 e. The summed E-state index contributed by atoms with van der Waals surface area (Å²) in [6.07, 6.45) is 6.42. The van der Waals surface area contributed by atoms with Crippen molar-refractivity contribution >= 4 is 0 Å². The fraction of sp³-hybridized carbons (Fsp3) is 0.562. The molecule has 0 amide bonds. The zero-order chi connectivity index (χ0) is 13.7.